The molecule has 2 aliphatic rings. The zero-order valence-corrected chi connectivity index (χ0v) is 17.3. The van der Waals surface area contributed by atoms with Crippen molar-refractivity contribution in [2.24, 2.45) is 5.92 Å². The Bertz CT molecular complexity index is 928. The van der Waals surface area contributed by atoms with E-state index in [-0.39, 0.29) is 17.7 Å². The van der Waals surface area contributed by atoms with Gasteiger partial charge in [-0.2, -0.15) is 0 Å². The van der Waals surface area contributed by atoms with Crippen LogP contribution in [-0.4, -0.2) is 24.9 Å². The molecule has 1 aliphatic carbocycles. The monoisotopic (exact) mass is 391 g/mol. The number of nitrogens with zero attached hydrogens (tertiary/aromatic N) is 1. The molecule has 0 atom stereocenters. The predicted molar refractivity (Wildman–Crippen MR) is 118 cm³/mol. The minimum atomic E-state index is -0.161. The SMILES string of the molecule is Cc1ccc(C(=O)Nc2cccc(N3CCCC3)c2C)cc1NC(=O)C1CCC1. The molecule has 0 bridgehead atoms. The Morgan fingerprint density at radius 2 is 1.69 bits per heavy atom. The van der Waals surface area contributed by atoms with Gasteiger partial charge in [-0.1, -0.05) is 18.6 Å². The number of hydrogen-bond acceptors (Lipinski definition) is 3. The molecule has 1 saturated heterocycles. The fraction of sp³-hybridized carbons (Fsp3) is 0.417. The van der Waals surface area contributed by atoms with Crippen LogP contribution in [0.15, 0.2) is 36.4 Å². The van der Waals surface area contributed by atoms with Gasteiger partial charge in [-0.25, -0.2) is 0 Å². The third-order valence-corrected chi connectivity index (χ3v) is 6.23. The van der Waals surface area contributed by atoms with Crippen molar-refractivity contribution >= 4 is 28.9 Å². The summed E-state index contributed by atoms with van der Waals surface area (Å²) in [5.41, 5.74) is 5.34. The molecule has 0 spiro atoms. The Morgan fingerprint density at radius 1 is 0.931 bits per heavy atom. The molecular formula is C24H29N3O2. The molecule has 1 saturated carbocycles. The Hall–Kier alpha value is -2.82. The normalized spacial score (nSPS) is 16.4. The number of anilines is 3. The number of nitrogens with one attached hydrogen (secondary N) is 2. The predicted octanol–water partition coefficient (Wildman–Crippen LogP) is 4.89. The lowest BCUT2D eigenvalue weighted by Crippen LogP contribution is -2.28. The van der Waals surface area contributed by atoms with Crippen LogP contribution in [0.1, 0.15) is 53.6 Å². The summed E-state index contributed by atoms with van der Waals surface area (Å²) in [6.45, 7) is 6.14. The second-order valence-electron chi connectivity index (χ2n) is 8.24. The number of rotatable bonds is 5. The van der Waals surface area contributed by atoms with Crippen LogP contribution in [0.2, 0.25) is 0 Å². The summed E-state index contributed by atoms with van der Waals surface area (Å²) < 4.78 is 0. The van der Waals surface area contributed by atoms with Gasteiger partial charge in [0.2, 0.25) is 5.91 Å². The van der Waals surface area contributed by atoms with Gasteiger partial charge < -0.3 is 15.5 Å². The Balaban J connectivity index is 1.50. The Morgan fingerprint density at radius 3 is 2.38 bits per heavy atom. The van der Waals surface area contributed by atoms with Crippen LogP contribution in [-0.2, 0) is 4.79 Å². The number of benzene rings is 2. The van der Waals surface area contributed by atoms with Gasteiger partial charge in [0.15, 0.2) is 0 Å². The van der Waals surface area contributed by atoms with Crippen LogP contribution in [0, 0.1) is 19.8 Å². The van der Waals surface area contributed by atoms with Crippen molar-refractivity contribution in [3.8, 4) is 0 Å². The first-order valence-electron chi connectivity index (χ1n) is 10.6. The summed E-state index contributed by atoms with van der Waals surface area (Å²) in [6, 6.07) is 11.5. The molecule has 1 heterocycles. The number of aryl methyl sites for hydroxylation is 1. The molecule has 0 radical (unpaired) electrons. The van der Waals surface area contributed by atoms with Gasteiger partial charge in [0.1, 0.15) is 0 Å². The topological polar surface area (TPSA) is 61.4 Å². The van der Waals surface area contributed by atoms with Gasteiger partial charge >= 0.3 is 0 Å². The summed E-state index contributed by atoms with van der Waals surface area (Å²) in [4.78, 5) is 27.6. The molecule has 5 nitrogen and oxygen atoms in total. The van der Waals surface area contributed by atoms with E-state index in [0.29, 0.717) is 5.56 Å². The highest BCUT2D eigenvalue weighted by atomic mass is 16.2. The van der Waals surface area contributed by atoms with Crippen LogP contribution in [0.4, 0.5) is 17.1 Å². The maximum Gasteiger partial charge on any atom is 0.255 e. The average Bonchev–Trinajstić information content (AvgIpc) is 3.18. The van der Waals surface area contributed by atoms with E-state index in [9.17, 15) is 9.59 Å². The summed E-state index contributed by atoms with van der Waals surface area (Å²) in [5.74, 6) is 0.0136. The molecule has 1 aliphatic heterocycles. The van der Waals surface area contributed by atoms with E-state index >= 15 is 0 Å². The summed E-state index contributed by atoms with van der Waals surface area (Å²) >= 11 is 0. The van der Waals surface area contributed by atoms with E-state index in [1.807, 2.05) is 31.2 Å². The van der Waals surface area contributed by atoms with Crippen LogP contribution in [0.5, 0.6) is 0 Å². The van der Waals surface area contributed by atoms with Gasteiger partial charge in [-0.05, 0) is 74.9 Å². The fourth-order valence-electron chi connectivity index (χ4n) is 4.06. The number of hydrogen-bond donors (Lipinski definition) is 2. The van der Waals surface area contributed by atoms with Crippen molar-refractivity contribution in [3.63, 3.8) is 0 Å². The number of carbonyl (C=O) groups excluding carboxylic acids is 2. The maximum absolute atomic E-state index is 12.9. The van der Waals surface area contributed by atoms with E-state index in [1.165, 1.54) is 18.5 Å². The second-order valence-corrected chi connectivity index (χ2v) is 8.24. The average molecular weight is 392 g/mol. The Kier molecular flexibility index (Phi) is 5.56. The van der Waals surface area contributed by atoms with E-state index in [0.717, 1.165) is 54.9 Å². The minimum absolute atomic E-state index is 0.0612. The molecule has 2 N–H and O–H groups in total. The molecule has 2 aromatic carbocycles. The molecule has 29 heavy (non-hydrogen) atoms. The minimum Gasteiger partial charge on any atom is -0.371 e. The number of carbonyl (C=O) groups is 2. The maximum atomic E-state index is 12.9. The van der Waals surface area contributed by atoms with Crippen LogP contribution >= 0.6 is 0 Å². The zero-order valence-electron chi connectivity index (χ0n) is 17.3. The third kappa shape index (κ3) is 4.14. The highest BCUT2D eigenvalue weighted by molar-refractivity contribution is 6.06. The van der Waals surface area contributed by atoms with E-state index in [2.05, 4.69) is 28.5 Å². The lowest BCUT2D eigenvalue weighted by Gasteiger charge is -2.24. The number of amides is 2. The molecule has 0 unspecified atom stereocenters. The van der Waals surface area contributed by atoms with Crippen molar-refractivity contribution in [2.75, 3.05) is 28.6 Å². The summed E-state index contributed by atoms with van der Waals surface area (Å²) in [5, 5.41) is 6.06. The van der Waals surface area contributed by atoms with Gasteiger partial charge in [0.05, 0.1) is 0 Å². The molecule has 2 aromatic rings. The van der Waals surface area contributed by atoms with Crippen LogP contribution in [0.25, 0.3) is 0 Å². The first kappa shape index (κ1) is 19.5. The molecular weight excluding hydrogens is 362 g/mol. The highest BCUT2D eigenvalue weighted by Crippen LogP contribution is 2.30. The standard InChI is InChI=1S/C24H29N3O2/c1-16-11-12-19(15-21(16)26-23(28)18-7-5-8-18)24(29)25-20-9-6-10-22(17(20)2)27-13-3-4-14-27/h6,9-12,15,18H,3-5,7-8,13-14H2,1-2H3,(H,25,29)(H,26,28). The lowest BCUT2D eigenvalue weighted by atomic mass is 9.85. The molecule has 5 heteroatoms. The summed E-state index contributed by atoms with van der Waals surface area (Å²) in [7, 11) is 0. The quantitative estimate of drug-likeness (QED) is 0.762. The molecule has 152 valence electrons. The lowest BCUT2D eigenvalue weighted by molar-refractivity contribution is -0.122. The highest BCUT2D eigenvalue weighted by Gasteiger charge is 2.25. The third-order valence-electron chi connectivity index (χ3n) is 6.23. The van der Waals surface area contributed by atoms with E-state index < -0.39 is 0 Å². The van der Waals surface area contributed by atoms with E-state index in [4.69, 9.17) is 0 Å². The molecule has 2 amide bonds. The largest absolute Gasteiger partial charge is 0.371 e. The van der Waals surface area contributed by atoms with E-state index in [1.54, 1.807) is 6.07 Å². The first-order valence-corrected chi connectivity index (χ1v) is 10.6. The molecule has 0 aromatic heterocycles. The van der Waals surface area contributed by atoms with Gasteiger partial charge in [0.25, 0.3) is 5.91 Å². The molecule has 4 rings (SSSR count). The zero-order chi connectivity index (χ0) is 20.4. The van der Waals surface area contributed by atoms with Crippen LogP contribution < -0.4 is 15.5 Å². The van der Waals surface area contributed by atoms with Gasteiger partial charge in [-0.3, -0.25) is 9.59 Å². The van der Waals surface area contributed by atoms with Crippen molar-refractivity contribution in [1.29, 1.82) is 0 Å². The smallest absolute Gasteiger partial charge is 0.255 e. The Labute approximate surface area is 172 Å². The van der Waals surface area contributed by atoms with Gasteiger partial charge in [-0.15, -0.1) is 0 Å². The fourth-order valence-corrected chi connectivity index (χ4v) is 4.06. The summed E-state index contributed by atoms with van der Waals surface area (Å²) in [6.07, 6.45) is 5.47. The van der Waals surface area contributed by atoms with Crippen molar-refractivity contribution in [1.82, 2.24) is 0 Å². The first-order chi connectivity index (χ1) is 14.0. The van der Waals surface area contributed by atoms with Crippen molar-refractivity contribution in [2.45, 2.75) is 46.0 Å². The van der Waals surface area contributed by atoms with Crippen LogP contribution in [0.3, 0.4) is 0 Å². The second kappa shape index (κ2) is 8.27. The van der Waals surface area contributed by atoms with Crippen molar-refractivity contribution in [3.05, 3.63) is 53.1 Å². The molecule has 2 fully saturated rings. The van der Waals surface area contributed by atoms with Crippen molar-refractivity contribution < 1.29 is 9.59 Å². The van der Waals surface area contributed by atoms with Gasteiger partial charge in [0, 0.05) is 41.6 Å².